The van der Waals surface area contributed by atoms with Gasteiger partial charge in [-0.15, -0.1) is 6.58 Å². The molecule has 0 aromatic carbocycles. The molecular weight excluding hydrogens is 288 g/mol. The third-order valence-corrected chi connectivity index (χ3v) is 2.64. The Morgan fingerprint density at radius 3 is 2.17 bits per heavy atom. The molecule has 0 saturated heterocycles. The highest BCUT2D eigenvalue weighted by atomic mass is 32.3. The maximum atomic E-state index is 10.5. The smallest absolute Gasteiger partial charge is 0.264 e. The first kappa shape index (κ1) is 17.2. The molecule has 1 unspecified atom stereocenters. The van der Waals surface area contributed by atoms with E-state index in [1.165, 1.54) is 6.08 Å². The van der Waals surface area contributed by atoms with E-state index >= 15 is 0 Å². The van der Waals surface area contributed by atoms with Gasteiger partial charge in [-0.2, -0.15) is 16.8 Å². The zero-order chi connectivity index (χ0) is 14.4. The van der Waals surface area contributed by atoms with Gasteiger partial charge in [0.2, 0.25) is 0 Å². The second-order valence-electron chi connectivity index (χ2n) is 3.21. The van der Waals surface area contributed by atoms with E-state index in [4.69, 9.17) is 9.11 Å². The first-order chi connectivity index (χ1) is 8.05. The molecule has 1 atom stereocenters. The van der Waals surface area contributed by atoms with Crippen LogP contribution >= 0.6 is 0 Å². The minimum absolute atomic E-state index is 0.163. The van der Waals surface area contributed by atoms with Gasteiger partial charge in [-0.3, -0.25) is 9.11 Å². The Bertz CT molecular complexity index is 489. The molecule has 0 aromatic heterocycles. The molecule has 8 nitrogen and oxygen atoms in total. The lowest BCUT2D eigenvalue weighted by Crippen LogP contribution is -2.26. The van der Waals surface area contributed by atoms with E-state index in [1.54, 1.807) is 0 Å². The van der Waals surface area contributed by atoms with Gasteiger partial charge in [0.05, 0.1) is 0 Å². The van der Waals surface area contributed by atoms with Gasteiger partial charge < -0.3 is 0 Å². The first-order valence-corrected chi connectivity index (χ1v) is 7.34. The zero-order valence-corrected chi connectivity index (χ0v) is 11.0. The van der Waals surface area contributed by atoms with E-state index < -0.39 is 33.5 Å². The number of allylic oxidation sites excluding steroid dienone is 1. The number of hydrogen-bond donors (Lipinski definition) is 2. The Morgan fingerprint density at radius 1 is 1.22 bits per heavy atom. The van der Waals surface area contributed by atoms with Crippen molar-refractivity contribution in [3.05, 3.63) is 24.8 Å². The molecule has 0 aliphatic carbocycles. The second-order valence-corrected chi connectivity index (χ2v) is 5.35. The van der Waals surface area contributed by atoms with Crippen LogP contribution < -0.4 is 0 Å². The maximum absolute atomic E-state index is 10.5. The van der Waals surface area contributed by atoms with E-state index in [1.807, 2.05) is 0 Å². The molecule has 0 heterocycles. The van der Waals surface area contributed by atoms with Gasteiger partial charge >= 0.3 is 20.8 Å². The first-order valence-electron chi connectivity index (χ1n) is 4.61. The number of rotatable bonds is 9. The molecule has 0 aromatic rings. The topological polar surface area (TPSA) is 127 Å². The third kappa shape index (κ3) is 9.27. The van der Waals surface area contributed by atoms with Crippen molar-refractivity contribution in [3.8, 4) is 0 Å². The SMILES string of the molecule is C=CCCC(=C)C(COS(=O)(=O)O)OS(=O)(=O)O. The van der Waals surface area contributed by atoms with Crippen LogP contribution in [0.5, 0.6) is 0 Å². The van der Waals surface area contributed by atoms with Crippen molar-refractivity contribution in [1.29, 1.82) is 0 Å². The van der Waals surface area contributed by atoms with E-state index in [0.29, 0.717) is 6.42 Å². The van der Waals surface area contributed by atoms with Crippen LogP contribution in [-0.2, 0) is 29.2 Å². The summed E-state index contributed by atoms with van der Waals surface area (Å²) in [5, 5.41) is 0. The van der Waals surface area contributed by atoms with E-state index in [-0.39, 0.29) is 12.0 Å². The van der Waals surface area contributed by atoms with Crippen molar-refractivity contribution in [2.75, 3.05) is 6.61 Å². The molecule has 0 amide bonds. The molecule has 106 valence electrons. The Balaban J connectivity index is 4.71. The van der Waals surface area contributed by atoms with Crippen molar-refractivity contribution < 1.29 is 34.3 Å². The average molecular weight is 302 g/mol. The average Bonchev–Trinajstić information content (AvgIpc) is 2.17. The predicted molar refractivity (Wildman–Crippen MR) is 62.5 cm³/mol. The maximum Gasteiger partial charge on any atom is 0.398 e. The van der Waals surface area contributed by atoms with Gasteiger partial charge in [0, 0.05) is 0 Å². The van der Waals surface area contributed by atoms with Crippen molar-refractivity contribution in [2.24, 2.45) is 0 Å². The molecule has 0 rings (SSSR count). The van der Waals surface area contributed by atoms with Crippen molar-refractivity contribution >= 4 is 20.8 Å². The quantitative estimate of drug-likeness (QED) is 0.466. The summed E-state index contributed by atoms with van der Waals surface area (Å²) in [4.78, 5) is 0. The lowest BCUT2D eigenvalue weighted by Gasteiger charge is -2.16. The summed E-state index contributed by atoms with van der Waals surface area (Å²) in [6.07, 6.45) is 0.787. The predicted octanol–water partition coefficient (Wildman–Crippen LogP) is 0.516. The third-order valence-electron chi connectivity index (χ3n) is 1.73. The fourth-order valence-corrected chi connectivity index (χ4v) is 1.74. The minimum atomic E-state index is -4.80. The zero-order valence-electron chi connectivity index (χ0n) is 9.35. The van der Waals surface area contributed by atoms with Crippen LogP contribution in [0.25, 0.3) is 0 Å². The summed E-state index contributed by atoms with van der Waals surface area (Å²) in [6, 6.07) is 0. The monoisotopic (exact) mass is 302 g/mol. The van der Waals surface area contributed by atoms with Gasteiger partial charge in [-0.05, 0) is 18.4 Å². The van der Waals surface area contributed by atoms with Crippen LogP contribution in [0.2, 0.25) is 0 Å². The summed E-state index contributed by atoms with van der Waals surface area (Å²) in [6.45, 7) is 6.08. The Kier molecular flexibility index (Phi) is 6.67. The molecule has 0 bridgehead atoms. The summed E-state index contributed by atoms with van der Waals surface area (Å²) >= 11 is 0. The Morgan fingerprint density at radius 2 is 1.78 bits per heavy atom. The van der Waals surface area contributed by atoms with Crippen LogP contribution in [0.4, 0.5) is 0 Å². The van der Waals surface area contributed by atoms with Crippen molar-refractivity contribution in [3.63, 3.8) is 0 Å². The second kappa shape index (κ2) is 6.97. The van der Waals surface area contributed by atoms with E-state index in [0.717, 1.165) is 0 Å². The van der Waals surface area contributed by atoms with Crippen molar-refractivity contribution in [1.82, 2.24) is 0 Å². The van der Waals surface area contributed by atoms with Crippen LogP contribution in [0.1, 0.15) is 12.8 Å². The molecule has 0 aliphatic rings. The fraction of sp³-hybridized carbons (Fsp3) is 0.500. The standard InChI is InChI=1S/C8H14O8S2/c1-3-4-5-7(2)8(16-18(12,13)14)6-15-17(9,10)11/h3,8H,1-2,4-6H2,(H,9,10,11)(H,12,13,14). The molecule has 0 aliphatic heterocycles. The Hall–Kier alpha value is -0.780. The number of hydrogen-bond acceptors (Lipinski definition) is 6. The van der Waals surface area contributed by atoms with Crippen LogP contribution in [0.3, 0.4) is 0 Å². The summed E-state index contributed by atoms with van der Waals surface area (Å²) in [5.41, 5.74) is 0.163. The lowest BCUT2D eigenvalue weighted by atomic mass is 10.1. The molecule has 0 saturated carbocycles. The molecule has 10 heteroatoms. The highest BCUT2D eigenvalue weighted by Crippen LogP contribution is 2.15. The molecule has 2 N–H and O–H groups in total. The lowest BCUT2D eigenvalue weighted by molar-refractivity contribution is 0.136. The highest BCUT2D eigenvalue weighted by molar-refractivity contribution is 7.81. The fourth-order valence-electron chi connectivity index (χ4n) is 0.957. The summed E-state index contributed by atoms with van der Waals surface area (Å²) < 4.78 is 66.9. The molecule has 0 spiro atoms. The van der Waals surface area contributed by atoms with Gasteiger partial charge in [0.15, 0.2) is 0 Å². The summed E-state index contributed by atoms with van der Waals surface area (Å²) in [7, 11) is -9.55. The molecule has 0 radical (unpaired) electrons. The molecule has 18 heavy (non-hydrogen) atoms. The van der Waals surface area contributed by atoms with Crippen molar-refractivity contribution in [2.45, 2.75) is 18.9 Å². The van der Waals surface area contributed by atoms with E-state index in [2.05, 4.69) is 21.5 Å². The van der Waals surface area contributed by atoms with Crippen LogP contribution in [0.15, 0.2) is 24.8 Å². The normalized spacial score (nSPS) is 14.1. The largest absolute Gasteiger partial charge is 0.398 e. The van der Waals surface area contributed by atoms with Gasteiger partial charge in [-0.25, -0.2) is 8.37 Å². The van der Waals surface area contributed by atoms with Crippen LogP contribution in [-0.4, -0.2) is 38.7 Å². The van der Waals surface area contributed by atoms with E-state index in [9.17, 15) is 16.8 Å². The summed E-state index contributed by atoms with van der Waals surface area (Å²) in [5.74, 6) is 0. The van der Waals surface area contributed by atoms with Gasteiger partial charge in [0.25, 0.3) is 0 Å². The van der Waals surface area contributed by atoms with Gasteiger partial charge in [-0.1, -0.05) is 12.7 Å². The molecule has 0 fully saturated rings. The highest BCUT2D eigenvalue weighted by Gasteiger charge is 2.22. The molecular formula is C8H14O8S2. The van der Waals surface area contributed by atoms with Gasteiger partial charge in [0.1, 0.15) is 12.7 Å². The van der Waals surface area contributed by atoms with Crippen LogP contribution in [0, 0.1) is 0 Å². The Labute approximate surface area is 106 Å². The minimum Gasteiger partial charge on any atom is -0.264 e.